The van der Waals surface area contributed by atoms with E-state index >= 15 is 0 Å². The number of nitrogens with zero attached hydrogens (tertiary/aromatic N) is 1. The summed E-state index contributed by atoms with van der Waals surface area (Å²) in [6.07, 6.45) is 0. The molecule has 1 aromatic carbocycles. The molecule has 6 nitrogen and oxygen atoms in total. The minimum Gasteiger partial charge on any atom is -0.495 e. The fraction of sp³-hybridized carbons (Fsp3) is 0.417. The summed E-state index contributed by atoms with van der Waals surface area (Å²) in [5.74, 6) is 0.156. The number of hydrogen-bond acceptors (Lipinski definition) is 5. The Bertz CT molecular complexity index is 584. The Balaban J connectivity index is 0.00000361. The molecule has 2 N–H and O–H groups in total. The van der Waals surface area contributed by atoms with E-state index in [-0.39, 0.29) is 35.6 Å². The largest absolute Gasteiger partial charge is 0.495 e. The third-order valence-electron chi connectivity index (χ3n) is 2.65. The van der Waals surface area contributed by atoms with Gasteiger partial charge in [0.05, 0.1) is 18.7 Å². The number of benzene rings is 1. The zero-order chi connectivity index (χ0) is 14.5. The molecular weight excluding hydrogens is 302 g/mol. The third kappa shape index (κ3) is 4.65. The van der Waals surface area contributed by atoms with Crippen LogP contribution in [0.5, 0.6) is 5.75 Å². The van der Waals surface area contributed by atoms with Crippen molar-refractivity contribution in [2.75, 3.05) is 20.7 Å². The molecule has 0 heterocycles. The summed E-state index contributed by atoms with van der Waals surface area (Å²) in [6, 6.07) is 6.15. The highest BCUT2D eigenvalue weighted by Crippen LogP contribution is 2.24. The third-order valence-corrected chi connectivity index (χ3v) is 4.12. The summed E-state index contributed by atoms with van der Waals surface area (Å²) in [4.78, 5) is 0.0253. The van der Waals surface area contributed by atoms with Crippen molar-refractivity contribution in [2.24, 2.45) is 0 Å². The molecule has 1 atom stereocenters. The predicted octanol–water partition coefficient (Wildman–Crippen LogP) is 0.875. The lowest BCUT2D eigenvalue weighted by Gasteiger charge is -2.14. The molecule has 1 unspecified atom stereocenters. The van der Waals surface area contributed by atoms with Crippen molar-refractivity contribution in [2.45, 2.75) is 17.9 Å². The maximum Gasteiger partial charge on any atom is 0.244 e. The first-order valence-corrected chi connectivity index (χ1v) is 7.18. The Kier molecular flexibility index (Phi) is 7.53. The number of ether oxygens (including phenoxy) is 1. The number of likely N-dealkylation sites (N-methyl/N-ethyl adjacent to an activating group) is 1. The first-order chi connectivity index (χ1) is 8.94. The van der Waals surface area contributed by atoms with Crippen LogP contribution in [-0.4, -0.2) is 35.2 Å². The van der Waals surface area contributed by atoms with E-state index in [4.69, 9.17) is 10.00 Å². The molecule has 0 aliphatic rings. The molecule has 0 aliphatic heterocycles. The molecule has 0 aromatic heterocycles. The molecule has 112 valence electrons. The zero-order valence-electron chi connectivity index (χ0n) is 11.5. The van der Waals surface area contributed by atoms with Gasteiger partial charge in [-0.1, -0.05) is 0 Å². The second kappa shape index (κ2) is 8.07. The van der Waals surface area contributed by atoms with Gasteiger partial charge in [0, 0.05) is 12.6 Å². The summed E-state index contributed by atoms with van der Waals surface area (Å²) in [5, 5.41) is 11.7. The van der Waals surface area contributed by atoms with Gasteiger partial charge in [0.15, 0.2) is 0 Å². The molecule has 0 spiro atoms. The van der Waals surface area contributed by atoms with Crippen molar-refractivity contribution in [1.29, 1.82) is 5.26 Å². The number of rotatable bonds is 6. The van der Waals surface area contributed by atoms with Crippen LogP contribution in [0.3, 0.4) is 0 Å². The molecule has 1 rings (SSSR count). The molecule has 0 fully saturated rings. The zero-order valence-corrected chi connectivity index (χ0v) is 13.1. The van der Waals surface area contributed by atoms with E-state index in [9.17, 15) is 8.42 Å². The van der Waals surface area contributed by atoms with Crippen LogP contribution in [0.25, 0.3) is 0 Å². The fourth-order valence-electron chi connectivity index (χ4n) is 1.37. The first-order valence-electron chi connectivity index (χ1n) is 5.69. The van der Waals surface area contributed by atoms with E-state index in [1.54, 1.807) is 7.05 Å². The Morgan fingerprint density at radius 1 is 1.45 bits per heavy atom. The summed E-state index contributed by atoms with van der Waals surface area (Å²) >= 11 is 0. The SMILES string of the molecule is CNC(C)CNS(=O)(=O)c1ccc(C#N)cc1OC.Cl. The number of sulfonamides is 1. The predicted molar refractivity (Wildman–Crippen MR) is 78.7 cm³/mol. The maximum absolute atomic E-state index is 12.1. The van der Waals surface area contributed by atoms with Crippen molar-refractivity contribution >= 4 is 22.4 Å². The average molecular weight is 320 g/mol. The van der Waals surface area contributed by atoms with Crippen molar-refractivity contribution in [3.05, 3.63) is 23.8 Å². The van der Waals surface area contributed by atoms with E-state index in [0.717, 1.165) is 0 Å². The average Bonchev–Trinajstić information content (AvgIpc) is 2.43. The topological polar surface area (TPSA) is 91.2 Å². The molecule has 0 saturated heterocycles. The van der Waals surface area contributed by atoms with Crippen LogP contribution in [-0.2, 0) is 10.0 Å². The van der Waals surface area contributed by atoms with Crippen LogP contribution in [0, 0.1) is 11.3 Å². The van der Waals surface area contributed by atoms with Gasteiger partial charge in [-0.3, -0.25) is 0 Å². The van der Waals surface area contributed by atoms with Gasteiger partial charge >= 0.3 is 0 Å². The minimum absolute atomic E-state index is 0. The lowest BCUT2D eigenvalue weighted by Crippen LogP contribution is -2.37. The molecule has 20 heavy (non-hydrogen) atoms. The highest BCUT2D eigenvalue weighted by atomic mass is 35.5. The van der Waals surface area contributed by atoms with Crippen LogP contribution < -0.4 is 14.8 Å². The Morgan fingerprint density at radius 2 is 2.10 bits per heavy atom. The van der Waals surface area contributed by atoms with Crippen molar-refractivity contribution in [1.82, 2.24) is 10.0 Å². The lowest BCUT2D eigenvalue weighted by atomic mass is 10.2. The maximum atomic E-state index is 12.1. The number of halogens is 1. The van der Waals surface area contributed by atoms with Gasteiger partial charge in [-0.2, -0.15) is 5.26 Å². The standard InChI is InChI=1S/C12H17N3O3S.ClH/c1-9(14-2)8-15-19(16,17)12-5-4-10(7-13)6-11(12)18-3;/h4-6,9,14-15H,8H2,1-3H3;1H. The monoisotopic (exact) mass is 319 g/mol. The molecule has 0 saturated carbocycles. The Labute approximate surface area is 125 Å². The molecule has 0 amide bonds. The van der Waals surface area contributed by atoms with Gasteiger partial charge in [-0.25, -0.2) is 13.1 Å². The van der Waals surface area contributed by atoms with Crippen molar-refractivity contribution in [3.63, 3.8) is 0 Å². The lowest BCUT2D eigenvalue weighted by molar-refractivity contribution is 0.402. The molecule has 0 radical (unpaired) electrons. The quantitative estimate of drug-likeness (QED) is 0.812. The van der Waals surface area contributed by atoms with Gasteiger partial charge in [0.1, 0.15) is 10.6 Å². The van der Waals surface area contributed by atoms with Gasteiger partial charge in [-0.15, -0.1) is 12.4 Å². The van der Waals surface area contributed by atoms with Crippen LogP contribution in [0.15, 0.2) is 23.1 Å². The van der Waals surface area contributed by atoms with Crippen LogP contribution in [0.4, 0.5) is 0 Å². The normalized spacial score (nSPS) is 12.1. The fourth-order valence-corrected chi connectivity index (χ4v) is 2.65. The van der Waals surface area contributed by atoms with Crippen LogP contribution >= 0.6 is 12.4 Å². The summed E-state index contributed by atoms with van der Waals surface area (Å²) < 4.78 is 31.8. The number of nitrogens with one attached hydrogen (secondary N) is 2. The summed E-state index contributed by atoms with van der Waals surface area (Å²) in [6.45, 7) is 2.13. The minimum atomic E-state index is -3.66. The van der Waals surface area contributed by atoms with Gasteiger partial charge in [0.25, 0.3) is 0 Å². The van der Waals surface area contributed by atoms with Crippen molar-refractivity contribution in [3.8, 4) is 11.8 Å². The van der Waals surface area contributed by atoms with E-state index < -0.39 is 10.0 Å². The highest BCUT2D eigenvalue weighted by molar-refractivity contribution is 7.89. The molecule has 8 heteroatoms. The van der Waals surface area contributed by atoms with E-state index in [2.05, 4.69) is 10.0 Å². The molecule has 0 bridgehead atoms. The Morgan fingerprint density at radius 3 is 2.60 bits per heavy atom. The van der Waals surface area contributed by atoms with Crippen LogP contribution in [0.2, 0.25) is 0 Å². The summed E-state index contributed by atoms with van der Waals surface area (Å²) in [5.41, 5.74) is 0.347. The number of methoxy groups -OCH3 is 1. The van der Waals surface area contributed by atoms with Gasteiger partial charge in [-0.05, 0) is 32.2 Å². The number of nitriles is 1. The van der Waals surface area contributed by atoms with Gasteiger partial charge < -0.3 is 10.1 Å². The van der Waals surface area contributed by atoms with Crippen molar-refractivity contribution < 1.29 is 13.2 Å². The second-order valence-corrected chi connectivity index (χ2v) is 5.75. The highest BCUT2D eigenvalue weighted by Gasteiger charge is 2.20. The van der Waals surface area contributed by atoms with Gasteiger partial charge in [0.2, 0.25) is 10.0 Å². The summed E-state index contributed by atoms with van der Waals surface area (Å²) in [7, 11) is -0.540. The van der Waals surface area contributed by atoms with E-state index in [1.165, 1.54) is 25.3 Å². The Hall–Kier alpha value is -1.33. The second-order valence-electron chi connectivity index (χ2n) is 4.02. The smallest absolute Gasteiger partial charge is 0.244 e. The molecule has 1 aromatic rings. The molecular formula is C12H18ClN3O3S. The first kappa shape index (κ1) is 18.7. The van der Waals surface area contributed by atoms with E-state index in [0.29, 0.717) is 5.56 Å². The van der Waals surface area contributed by atoms with E-state index in [1.807, 2.05) is 13.0 Å². The number of hydrogen-bond donors (Lipinski definition) is 2. The molecule has 0 aliphatic carbocycles. The van der Waals surface area contributed by atoms with Crippen LogP contribution in [0.1, 0.15) is 12.5 Å².